The Morgan fingerprint density at radius 3 is 2.16 bits per heavy atom. The first-order chi connectivity index (χ1) is 9.16. The second-order valence-electron chi connectivity index (χ2n) is 6.38. The molecule has 1 aliphatic heterocycles. The molecule has 1 aliphatic carbocycles. The molecule has 1 atom stereocenters. The van der Waals surface area contributed by atoms with Crippen LogP contribution in [-0.2, 0) is 0 Å². The minimum Gasteiger partial charge on any atom is -0.314 e. The van der Waals surface area contributed by atoms with Crippen LogP contribution in [0, 0.1) is 26.7 Å². The lowest BCUT2D eigenvalue weighted by atomic mass is 9.90. The molecule has 19 heavy (non-hydrogen) atoms. The average molecular weight is 258 g/mol. The molecule has 1 N–H and O–H groups in total. The third-order valence-corrected chi connectivity index (χ3v) is 4.65. The number of rotatable bonds is 3. The van der Waals surface area contributed by atoms with Crippen molar-refractivity contribution in [3.8, 4) is 0 Å². The number of nitrogens with zero attached hydrogens (tertiary/aromatic N) is 1. The van der Waals surface area contributed by atoms with Crippen molar-refractivity contribution >= 4 is 0 Å². The fourth-order valence-corrected chi connectivity index (χ4v) is 3.75. The van der Waals surface area contributed by atoms with Crippen LogP contribution in [-0.4, -0.2) is 31.1 Å². The molecule has 2 nitrogen and oxygen atoms in total. The largest absolute Gasteiger partial charge is 0.314 e. The zero-order valence-corrected chi connectivity index (χ0v) is 12.5. The quantitative estimate of drug-likeness (QED) is 0.896. The number of benzene rings is 1. The summed E-state index contributed by atoms with van der Waals surface area (Å²) in [6.45, 7) is 11.5. The summed E-state index contributed by atoms with van der Waals surface area (Å²) in [6, 6.07) is 5.39. The molecule has 1 heterocycles. The van der Waals surface area contributed by atoms with Crippen LogP contribution < -0.4 is 5.32 Å². The smallest absolute Gasteiger partial charge is 0.0382 e. The Balaban J connectivity index is 1.95. The number of hydrogen-bond acceptors (Lipinski definition) is 2. The van der Waals surface area contributed by atoms with Gasteiger partial charge in [0.05, 0.1) is 0 Å². The van der Waals surface area contributed by atoms with Gasteiger partial charge in [-0.15, -0.1) is 0 Å². The molecule has 0 amide bonds. The third kappa shape index (κ3) is 2.70. The number of aryl methyl sites for hydroxylation is 3. The van der Waals surface area contributed by atoms with Crippen LogP contribution in [0.15, 0.2) is 12.1 Å². The second-order valence-corrected chi connectivity index (χ2v) is 6.38. The first kappa shape index (κ1) is 13.1. The Labute approximate surface area is 117 Å². The Morgan fingerprint density at radius 2 is 1.63 bits per heavy atom. The Morgan fingerprint density at radius 1 is 1.05 bits per heavy atom. The lowest BCUT2D eigenvalue weighted by molar-refractivity contribution is 0.155. The molecule has 0 bridgehead atoms. The maximum absolute atomic E-state index is 3.48. The van der Waals surface area contributed by atoms with E-state index in [0.717, 1.165) is 19.0 Å². The number of nitrogens with one attached hydrogen (secondary N) is 1. The summed E-state index contributed by atoms with van der Waals surface area (Å²) in [5.41, 5.74) is 6.00. The molecule has 0 unspecified atom stereocenters. The highest BCUT2D eigenvalue weighted by molar-refractivity contribution is 5.40. The summed E-state index contributed by atoms with van der Waals surface area (Å²) in [5.74, 6) is 0.901. The highest BCUT2D eigenvalue weighted by atomic mass is 15.2. The van der Waals surface area contributed by atoms with Crippen molar-refractivity contribution in [2.75, 3.05) is 26.2 Å². The minimum absolute atomic E-state index is 0.669. The van der Waals surface area contributed by atoms with Crippen LogP contribution in [0.5, 0.6) is 0 Å². The van der Waals surface area contributed by atoms with Crippen LogP contribution >= 0.6 is 0 Å². The molecule has 0 spiro atoms. The lowest BCUT2D eigenvalue weighted by Gasteiger charge is -2.37. The average Bonchev–Trinajstić information content (AvgIpc) is 3.18. The highest BCUT2D eigenvalue weighted by Gasteiger charge is 2.38. The normalized spacial score (nSPS) is 22.5. The first-order valence-electron chi connectivity index (χ1n) is 7.69. The van der Waals surface area contributed by atoms with Crippen LogP contribution in [0.4, 0.5) is 0 Å². The molecular weight excluding hydrogens is 232 g/mol. The van der Waals surface area contributed by atoms with Crippen molar-refractivity contribution in [1.29, 1.82) is 0 Å². The van der Waals surface area contributed by atoms with E-state index in [4.69, 9.17) is 0 Å². The van der Waals surface area contributed by atoms with E-state index in [1.54, 1.807) is 5.56 Å². The van der Waals surface area contributed by atoms with Crippen molar-refractivity contribution in [2.45, 2.75) is 39.7 Å². The number of hydrogen-bond donors (Lipinski definition) is 1. The molecule has 0 radical (unpaired) electrons. The summed E-state index contributed by atoms with van der Waals surface area (Å²) in [5, 5.41) is 3.48. The molecule has 2 aliphatic rings. The van der Waals surface area contributed by atoms with Crippen molar-refractivity contribution < 1.29 is 0 Å². The standard InChI is InChI=1S/C17H26N2/c1-12-10-13(2)16(14(3)11-12)17(15-4-5-15)19-8-6-18-7-9-19/h10-11,15,17-18H,4-9H2,1-3H3/t17-/m1/s1. The predicted molar refractivity (Wildman–Crippen MR) is 80.6 cm³/mol. The summed E-state index contributed by atoms with van der Waals surface area (Å²) >= 11 is 0. The van der Waals surface area contributed by atoms with Gasteiger partial charge in [-0.1, -0.05) is 17.7 Å². The minimum atomic E-state index is 0.669. The zero-order valence-electron chi connectivity index (χ0n) is 12.5. The van der Waals surface area contributed by atoms with E-state index in [1.807, 2.05) is 0 Å². The fourth-order valence-electron chi connectivity index (χ4n) is 3.75. The van der Waals surface area contributed by atoms with E-state index in [2.05, 4.69) is 43.1 Å². The van der Waals surface area contributed by atoms with E-state index < -0.39 is 0 Å². The van der Waals surface area contributed by atoms with Gasteiger partial charge in [0.15, 0.2) is 0 Å². The zero-order chi connectivity index (χ0) is 13.4. The lowest BCUT2D eigenvalue weighted by Crippen LogP contribution is -2.46. The van der Waals surface area contributed by atoms with Gasteiger partial charge in [0.2, 0.25) is 0 Å². The van der Waals surface area contributed by atoms with E-state index in [0.29, 0.717) is 6.04 Å². The van der Waals surface area contributed by atoms with E-state index in [9.17, 15) is 0 Å². The number of piperazine rings is 1. The van der Waals surface area contributed by atoms with Crippen molar-refractivity contribution in [3.05, 3.63) is 34.4 Å². The molecule has 1 saturated heterocycles. The highest BCUT2D eigenvalue weighted by Crippen LogP contribution is 2.46. The second kappa shape index (κ2) is 5.26. The van der Waals surface area contributed by atoms with Crippen LogP contribution in [0.2, 0.25) is 0 Å². The van der Waals surface area contributed by atoms with Crippen LogP contribution in [0.1, 0.15) is 41.1 Å². The summed E-state index contributed by atoms with van der Waals surface area (Å²) in [4.78, 5) is 2.72. The van der Waals surface area contributed by atoms with Gasteiger partial charge in [-0.2, -0.15) is 0 Å². The van der Waals surface area contributed by atoms with Gasteiger partial charge in [0.25, 0.3) is 0 Å². The van der Waals surface area contributed by atoms with Gasteiger partial charge in [-0.25, -0.2) is 0 Å². The van der Waals surface area contributed by atoms with Gasteiger partial charge in [-0.05, 0) is 56.2 Å². The van der Waals surface area contributed by atoms with Gasteiger partial charge in [-0.3, -0.25) is 4.90 Å². The van der Waals surface area contributed by atoms with E-state index in [1.165, 1.54) is 42.6 Å². The molecule has 1 aromatic rings. The van der Waals surface area contributed by atoms with Crippen molar-refractivity contribution in [2.24, 2.45) is 5.92 Å². The molecule has 0 aromatic heterocycles. The Hall–Kier alpha value is -0.860. The van der Waals surface area contributed by atoms with Crippen LogP contribution in [0.3, 0.4) is 0 Å². The van der Waals surface area contributed by atoms with Gasteiger partial charge < -0.3 is 5.32 Å². The molecule has 1 aromatic carbocycles. The monoisotopic (exact) mass is 258 g/mol. The molecule has 2 fully saturated rings. The molecule has 104 valence electrons. The summed E-state index contributed by atoms with van der Waals surface area (Å²) in [7, 11) is 0. The topological polar surface area (TPSA) is 15.3 Å². The maximum atomic E-state index is 3.48. The van der Waals surface area contributed by atoms with E-state index >= 15 is 0 Å². The van der Waals surface area contributed by atoms with Gasteiger partial charge in [0, 0.05) is 32.2 Å². The first-order valence-corrected chi connectivity index (χ1v) is 7.69. The molecular formula is C17H26N2. The molecule has 1 saturated carbocycles. The Kier molecular flexibility index (Phi) is 3.64. The Bertz CT molecular complexity index is 433. The van der Waals surface area contributed by atoms with Crippen molar-refractivity contribution in [1.82, 2.24) is 10.2 Å². The maximum Gasteiger partial charge on any atom is 0.0382 e. The summed E-state index contributed by atoms with van der Waals surface area (Å²) in [6.07, 6.45) is 2.84. The SMILES string of the molecule is Cc1cc(C)c([C@@H](C2CC2)N2CCNCC2)c(C)c1. The fraction of sp³-hybridized carbons (Fsp3) is 0.647. The molecule has 2 heteroatoms. The van der Waals surface area contributed by atoms with Crippen LogP contribution in [0.25, 0.3) is 0 Å². The van der Waals surface area contributed by atoms with Gasteiger partial charge in [0.1, 0.15) is 0 Å². The van der Waals surface area contributed by atoms with E-state index in [-0.39, 0.29) is 0 Å². The van der Waals surface area contributed by atoms with Gasteiger partial charge >= 0.3 is 0 Å². The van der Waals surface area contributed by atoms with Crippen molar-refractivity contribution in [3.63, 3.8) is 0 Å². The summed E-state index contributed by atoms with van der Waals surface area (Å²) < 4.78 is 0. The third-order valence-electron chi connectivity index (χ3n) is 4.65. The predicted octanol–water partition coefficient (Wildman–Crippen LogP) is 2.97. The molecule has 3 rings (SSSR count).